The number of unbranched alkanes of at least 4 members (excludes halogenated alkanes) is 6. The molecule has 0 aliphatic rings. The molecule has 0 aromatic carbocycles. The predicted octanol–water partition coefficient (Wildman–Crippen LogP) is 3.27. The lowest BCUT2D eigenvalue weighted by Crippen LogP contribution is -2.11. The van der Waals surface area contributed by atoms with Crippen LogP contribution < -0.4 is 5.73 Å². The first-order valence-electron chi connectivity index (χ1n) is 6.04. The maximum absolute atomic E-state index is 10.3. The summed E-state index contributed by atoms with van der Waals surface area (Å²) in [6.07, 6.45) is 8.81. The second-order valence-corrected chi connectivity index (χ2v) is 4.81. The molecule has 0 heterocycles. The van der Waals surface area contributed by atoms with Gasteiger partial charge in [-0.3, -0.25) is 5.73 Å². The van der Waals surface area contributed by atoms with Gasteiger partial charge in [0, 0.05) is 0 Å². The van der Waals surface area contributed by atoms with E-state index in [4.69, 9.17) is 5.73 Å². The molecule has 0 aliphatic carbocycles. The smallest absolute Gasteiger partial charge is 0.293 e. The molecule has 0 radical (unpaired) electrons. The predicted molar refractivity (Wildman–Crippen MR) is 67.8 cm³/mol. The third kappa shape index (κ3) is 20.8. The van der Waals surface area contributed by atoms with Gasteiger partial charge in [0.1, 0.15) is 4.99 Å². The number of halogens is 3. The number of alkyl halides is 3. The minimum Gasteiger partial charge on any atom is -0.293 e. The van der Waals surface area contributed by atoms with Crippen LogP contribution in [0.2, 0.25) is 0 Å². The maximum atomic E-state index is 10.3. The molecular formula is C11H22F3NO2S. The molecule has 110 valence electrons. The van der Waals surface area contributed by atoms with Gasteiger partial charge in [-0.2, -0.15) is 21.6 Å². The Labute approximate surface area is 108 Å². The van der Waals surface area contributed by atoms with Crippen LogP contribution in [0.15, 0.2) is 0 Å². The zero-order valence-electron chi connectivity index (χ0n) is 10.7. The fourth-order valence-electron chi connectivity index (χ4n) is 1.34. The number of nitrogens with two attached hydrogens (primary N) is 1. The molecule has 2 N–H and O–H groups in total. The van der Waals surface area contributed by atoms with Gasteiger partial charge < -0.3 is 0 Å². The van der Waals surface area contributed by atoms with Crippen molar-refractivity contribution in [3.05, 3.63) is 0 Å². The molecule has 0 aromatic heterocycles. The van der Waals surface area contributed by atoms with Gasteiger partial charge in [0.05, 0.1) is 0 Å². The third-order valence-electron chi connectivity index (χ3n) is 2.24. The Kier molecular flexibility index (Phi) is 15.9. The molecule has 0 rings (SSSR count). The first kappa shape index (κ1) is 19.8. The second kappa shape index (κ2) is 14.5. The van der Waals surface area contributed by atoms with Gasteiger partial charge in [-0.15, -0.1) is 0 Å². The second-order valence-electron chi connectivity index (χ2n) is 3.82. The van der Waals surface area contributed by atoms with Crippen LogP contribution in [0.3, 0.4) is 0 Å². The summed E-state index contributed by atoms with van der Waals surface area (Å²) in [7, 11) is -2.18. The highest BCUT2D eigenvalue weighted by Gasteiger charge is 1.95. The van der Waals surface area contributed by atoms with Crippen molar-refractivity contribution in [3.63, 3.8) is 0 Å². The highest BCUT2D eigenvalue weighted by atomic mass is 32.2. The molecular weight excluding hydrogens is 267 g/mol. The number of rotatable bonds is 8. The van der Waals surface area contributed by atoms with Crippen molar-refractivity contribution in [2.75, 3.05) is 0 Å². The van der Waals surface area contributed by atoms with E-state index in [1.807, 2.05) is 0 Å². The lowest BCUT2D eigenvalue weighted by molar-refractivity contribution is 0.00819. The van der Waals surface area contributed by atoms with E-state index in [1.165, 1.54) is 32.1 Å². The van der Waals surface area contributed by atoms with E-state index in [-0.39, 0.29) is 4.99 Å². The zero-order chi connectivity index (χ0) is 14.4. The Hall–Kier alpha value is -0.560. The highest BCUT2D eigenvalue weighted by molar-refractivity contribution is 7.72. The van der Waals surface area contributed by atoms with E-state index in [9.17, 15) is 21.6 Å². The molecule has 0 amide bonds. The molecule has 0 atom stereocenters. The summed E-state index contributed by atoms with van der Waals surface area (Å²) < 4.78 is 49.7. The van der Waals surface area contributed by atoms with Crippen molar-refractivity contribution < 1.29 is 21.6 Å². The van der Waals surface area contributed by atoms with Crippen LogP contribution in [0.25, 0.3) is 0 Å². The fourth-order valence-corrected chi connectivity index (χ4v) is 1.65. The van der Waals surface area contributed by atoms with Gasteiger partial charge in [0.15, 0.2) is 0 Å². The standard InChI is InChI=1S/C10H21NO2S.CHF3/c1-2-3-4-5-6-7-8-9-10(11)14(12)13;2-1(3)4/h2-9,11H2,1H3;1H. The molecule has 18 heavy (non-hydrogen) atoms. The average molecular weight is 289 g/mol. The first-order valence-corrected chi connectivity index (χ1v) is 7.12. The lowest BCUT2D eigenvalue weighted by Gasteiger charge is -1.99. The van der Waals surface area contributed by atoms with Gasteiger partial charge >= 0.3 is 6.68 Å². The van der Waals surface area contributed by atoms with E-state index >= 15 is 0 Å². The highest BCUT2D eigenvalue weighted by Crippen LogP contribution is 2.07. The Morgan fingerprint density at radius 3 is 1.78 bits per heavy atom. The normalized spacial score (nSPS) is 9.89. The minimum atomic E-state index is -3.67. The molecule has 3 nitrogen and oxygen atoms in total. The Balaban J connectivity index is 0. The van der Waals surface area contributed by atoms with Crippen LogP contribution in [0.1, 0.15) is 58.3 Å². The zero-order valence-corrected chi connectivity index (χ0v) is 11.5. The van der Waals surface area contributed by atoms with Gasteiger partial charge in [-0.25, -0.2) is 0 Å². The number of hydrogen-bond donors (Lipinski definition) is 1. The fraction of sp³-hybridized carbons (Fsp3) is 0.909. The molecule has 0 saturated carbocycles. The van der Waals surface area contributed by atoms with Gasteiger partial charge in [-0.05, 0) is 12.8 Å². The molecule has 0 saturated heterocycles. The monoisotopic (exact) mass is 289 g/mol. The maximum Gasteiger partial charge on any atom is 0.379 e. The molecule has 7 heteroatoms. The van der Waals surface area contributed by atoms with E-state index < -0.39 is 17.0 Å². The van der Waals surface area contributed by atoms with E-state index in [2.05, 4.69) is 6.92 Å². The summed E-state index contributed by atoms with van der Waals surface area (Å²) in [6, 6.07) is 0. The molecule has 0 fully saturated rings. The van der Waals surface area contributed by atoms with Crippen molar-refractivity contribution in [1.82, 2.24) is 0 Å². The summed E-state index contributed by atoms with van der Waals surface area (Å²) in [6.45, 7) is -1.47. The van der Waals surface area contributed by atoms with Gasteiger partial charge in [-0.1, -0.05) is 45.4 Å². The topological polar surface area (TPSA) is 60.2 Å². The van der Waals surface area contributed by atoms with Crippen LogP contribution in [-0.2, 0) is 10.3 Å². The molecule has 0 aliphatic heterocycles. The van der Waals surface area contributed by atoms with Crippen LogP contribution in [0, 0.1) is 0 Å². The van der Waals surface area contributed by atoms with Crippen molar-refractivity contribution in [1.29, 1.82) is 0 Å². The van der Waals surface area contributed by atoms with Crippen LogP contribution in [0.4, 0.5) is 13.2 Å². The summed E-state index contributed by atoms with van der Waals surface area (Å²) in [5, 5.41) is 0. The number of hydrogen-bond acceptors (Lipinski definition) is 2. The first-order chi connectivity index (χ1) is 8.41. The Morgan fingerprint density at radius 1 is 1.00 bits per heavy atom. The van der Waals surface area contributed by atoms with E-state index in [1.54, 1.807) is 0 Å². The average Bonchev–Trinajstić information content (AvgIpc) is 2.26. The summed E-state index contributed by atoms with van der Waals surface area (Å²) >= 11 is 0. The van der Waals surface area contributed by atoms with E-state index in [0.717, 1.165) is 12.8 Å². The largest absolute Gasteiger partial charge is 0.379 e. The quantitative estimate of drug-likeness (QED) is 0.551. The molecule has 0 unspecified atom stereocenters. The van der Waals surface area contributed by atoms with Crippen molar-refractivity contribution in [2.45, 2.75) is 65.0 Å². The SMILES string of the molecule is CCCCCCCCCC(N)=S(=O)=O.FC(F)F. The minimum absolute atomic E-state index is 0.0959. The summed E-state index contributed by atoms with van der Waals surface area (Å²) in [4.78, 5) is 0.0959. The Bertz CT molecular complexity index is 295. The third-order valence-corrected chi connectivity index (χ3v) is 2.87. The Morgan fingerprint density at radius 2 is 1.39 bits per heavy atom. The van der Waals surface area contributed by atoms with Gasteiger partial charge in [0.2, 0.25) is 10.3 Å². The van der Waals surface area contributed by atoms with Crippen molar-refractivity contribution >= 4 is 15.3 Å². The summed E-state index contributed by atoms with van der Waals surface area (Å²) in [5.41, 5.74) is 5.28. The van der Waals surface area contributed by atoms with Crippen LogP contribution in [0.5, 0.6) is 0 Å². The van der Waals surface area contributed by atoms with Crippen molar-refractivity contribution in [2.24, 2.45) is 5.73 Å². The molecule has 0 aromatic rings. The van der Waals surface area contributed by atoms with Gasteiger partial charge in [0.25, 0.3) is 0 Å². The molecule has 0 bridgehead atoms. The van der Waals surface area contributed by atoms with Crippen molar-refractivity contribution in [3.8, 4) is 0 Å². The summed E-state index contributed by atoms with van der Waals surface area (Å²) in [5.74, 6) is 0. The van der Waals surface area contributed by atoms with Crippen LogP contribution >= 0.6 is 0 Å². The van der Waals surface area contributed by atoms with E-state index in [0.29, 0.717) is 6.42 Å². The lowest BCUT2D eigenvalue weighted by atomic mass is 10.1. The van der Waals surface area contributed by atoms with Crippen LogP contribution in [-0.4, -0.2) is 20.1 Å². The molecule has 0 spiro atoms.